The van der Waals surface area contributed by atoms with Gasteiger partial charge in [-0.3, -0.25) is 4.79 Å². The summed E-state index contributed by atoms with van der Waals surface area (Å²) in [5.74, 6) is 2.04. The molecule has 3 rings (SSSR count). The van der Waals surface area contributed by atoms with Gasteiger partial charge >= 0.3 is 0 Å². The zero-order chi connectivity index (χ0) is 19.8. The molecule has 0 bridgehead atoms. The second-order valence-corrected chi connectivity index (χ2v) is 7.93. The first-order chi connectivity index (χ1) is 13.6. The van der Waals surface area contributed by atoms with Crippen molar-refractivity contribution in [3.8, 4) is 0 Å². The predicted octanol–water partition coefficient (Wildman–Crippen LogP) is 6.18. The molecule has 0 atom stereocenters. The molecule has 0 aliphatic rings. The Morgan fingerprint density at radius 2 is 1.89 bits per heavy atom. The van der Waals surface area contributed by atoms with E-state index in [-0.39, 0.29) is 5.91 Å². The van der Waals surface area contributed by atoms with E-state index < -0.39 is 0 Å². The first-order valence-electron chi connectivity index (χ1n) is 8.74. The molecule has 0 aliphatic heterocycles. The van der Waals surface area contributed by atoms with Crippen molar-refractivity contribution in [2.75, 3.05) is 12.3 Å². The molecule has 0 spiro atoms. The van der Waals surface area contributed by atoms with Crippen LogP contribution in [0.4, 0.5) is 0 Å². The van der Waals surface area contributed by atoms with Gasteiger partial charge in [0.15, 0.2) is 0 Å². The lowest BCUT2D eigenvalue weighted by molar-refractivity contribution is -0.115. The molecule has 1 amide bonds. The minimum absolute atomic E-state index is 0.132. The fourth-order valence-corrected chi connectivity index (χ4v) is 3.98. The molecule has 1 N–H and O–H groups in total. The van der Waals surface area contributed by atoms with Gasteiger partial charge in [0.25, 0.3) is 5.91 Å². The molecular weight excluding hydrogens is 413 g/mol. The molecule has 3 nitrogen and oxygen atoms in total. The standard InChI is InChI=1S/C22H19Cl2NO2S/c23-18-9-8-17(21(24)13-18)15-28-12-10-25-22(26)20(14-19-7-4-11-27-19)16-5-2-1-3-6-16/h1-9,11,13-14H,10,12,15H2,(H,25,26)/b20-14+. The van der Waals surface area contributed by atoms with Crippen molar-refractivity contribution in [1.82, 2.24) is 5.32 Å². The summed E-state index contributed by atoms with van der Waals surface area (Å²) in [5, 5.41) is 4.27. The number of rotatable bonds is 8. The van der Waals surface area contributed by atoms with Crippen LogP contribution in [0.3, 0.4) is 0 Å². The van der Waals surface area contributed by atoms with Gasteiger partial charge in [-0.05, 0) is 41.5 Å². The maximum absolute atomic E-state index is 12.7. The lowest BCUT2D eigenvalue weighted by Crippen LogP contribution is -2.26. The van der Waals surface area contributed by atoms with Crippen molar-refractivity contribution in [1.29, 1.82) is 0 Å². The van der Waals surface area contributed by atoms with Gasteiger partial charge in [0, 0.05) is 28.1 Å². The number of nitrogens with one attached hydrogen (secondary N) is 1. The van der Waals surface area contributed by atoms with E-state index >= 15 is 0 Å². The van der Waals surface area contributed by atoms with Crippen LogP contribution in [0, 0.1) is 0 Å². The van der Waals surface area contributed by atoms with Crippen LogP contribution in [-0.2, 0) is 10.5 Å². The summed E-state index contributed by atoms with van der Waals surface area (Å²) >= 11 is 13.8. The van der Waals surface area contributed by atoms with Crippen molar-refractivity contribution in [2.24, 2.45) is 0 Å². The molecule has 0 saturated carbocycles. The van der Waals surface area contributed by atoms with Gasteiger partial charge in [-0.1, -0.05) is 59.6 Å². The third kappa shape index (κ3) is 5.93. The monoisotopic (exact) mass is 431 g/mol. The van der Waals surface area contributed by atoms with Gasteiger partial charge in [-0.2, -0.15) is 11.8 Å². The summed E-state index contributed by atoms with van der Waals surface area (Å²) in [4.78, 5) is 12.7. The molecule has 1 heterocycles. The average Bonchev–Trinajstić information content (AvgIpc) is 3.21. The number of carbonyl (C=O) groups excluding carboxylic acids is 1. The number of hydrogen-bond donors (Lipinski definition) is 1. The smallest absolute Gasteiger partial charge is 0.252 e. The molecule has 1 aromatic heterocycles. The minimum Gasteiger partial charge on any atom is -0.465 e. The van der Waals surface area contributed by atoms with Gasteiger partial charge in [0.2, 0.25) is 0 Å². The van der Waals surface area contributed by atoms with Crippen LogP contribution >= 0.6 is 35.0 Å². The molecule has 28 heavy (non-hydrogen) atoms. The molecule has 2 aromatic carbocycles. The highest BCUT2D eigenvalue weighted by molar-refractivity contribution is 7.98. The zero-order valence-electron chi connectivity index (χ0n) is 15.0. The number of furan rings is 1. The Labute approximate surface area is 178 Å². The lowest BCUT2D eigenvalue weighted by atomic mass is 10.0. The predicted molar refractivity (Wildman–Crippen MR) is 119 cm³/mol. The number of carbonyl (C=O) groups is 1. The summed E-state index contributed by atoms with van der Waals surface area (Å²) in [6, 6.07) is 18.7. The second kappa shape index (κ2) is 10.4. The summed E-state index contributed by atoms with van der Waals surface area (Å²) in [6.07, 6.45) is 3.34. The van der Waals surface area contributed by atoms with E-state index in [1.807, 2.05) is 48.5 Å². The number of halogens is 2. The van der Waals surface area contributed by atoms with Gasteiger partial charge in [0.05, 0.1) is 11.8 Å². The number of hydrogen-bond acceptors (Lipinski definition) is 3. The molecule has 0 saturated heterocycles. The van der Waals surface area contributed by atoms with Crippen LogP contribution in [0.2, 0.25) is 10.0 Å². The summed E-state index contributed by atoms with van der Waals surface area (Å²) in [5.41, 5.74) is 2.45. The maximum atomic E-state index is 12.7. The van der Waals surface area contributed by atoms with Gasteiger partial charge in [0.1, 0.15) is 5.76 Å². The third-order valence-electron chi connectivity index (χ3n) is 3.96. The van der Waals surface area contributed by atoms with E-state index in [0.717, 1.165) is 22.6 Å². The highest BCUT2D eigenvalue weighted by Gasteiger charge is 2.12. The number of thioether (sulfide) groups is 1. The molecule has 0 aliphatic carbocycles. The first kappa shape index (κ1) is 20.6. The molecule has 0 unspecified atom stereocenters. The molecular formula is C22H19Cl2NO2S. The molecule has 0 fully saturated rings. The molecule has 0 radical (unpaired) electrons. The number of amides is 1. The first-order valence-corrected chi connectivity index (χ1v) is 10.6. The van der Waals surface area contributed by atoms with Crippen LogP contribution in [0.25, 0.3) is 11.6 Å². The average molecular weight is 432 g/mol. The SMILES string of the molecule is O=C(NCCSCc1ccc(Cl)cc1Cl)/C(=C/c1ccco1)c1ccccc1. The van der Waals surface area contributed by atoms with E-state index in [0.29, 0.717) is 27.9 Å². The molecule has 144 valence electrons. The Morgan fingerprint density at radius 3 is 2.61 bits per heavy atom. The van der Waals surface area contributed by atoms with E-state index in [4.69, 9.17) is 27.6 Å². The van der Waals surface area contributed by atoms with Crippen LogP contribution in [0.1, 0.15) is 16.9 Å². The van der Waals surface area contributed by atoms with Crippen molar-refractivity contribution in [2.45, 2.75) is 5.75 Å². The fraction of sp³-hybridized carbons (Fsp3) is 0.136. The van der Waals surface area contributed by atoms with E-state index in [1.165, 1.54) is 0 Å². The lowest BCUT2D eigenvalue weighted by Gasteiger charge is -2.10. The Hall–Kier alpha value is -2.14. The van der Waals surface area contributed by atoms with E-state index in [2.05, 4.69) is 5.32 Å². The third-order valence-corrected chi connectivity index (χ3v) is 5.56. The Kier molecular flexibility index (Phi) is 7.66. The Morgan fingerprint density at radius 1 is 1.07 bits per heavy atom. The normalized spacial score (nSPS) is 11.4. The van der Waals surface area contributed by atoms with Crippen molar-refractivity contribution in [3.63, 3.8) is 0 Å². The fourth-order valence-electron chi connectivity index (χ4n) is 2.57. The van der Waals surface area contributed by atoms with E-state index in [9.17, 15) is 4.79 Å². The van der Waals surface area contributed by atoms with Crippen molar-refractivity contribution >= 4 is 52.5 Å². The van der Waals surface area contributed by atoms with Gasteiger partial charge < -0.3 is 9.73 Å². The largest absolute Gasteiger partial charge is 0.465 e. The highest BCUT2D eigenvalue weighted by Crippen LogP contribution is 2.24. The summed E-state index contributed by atoms with van der Waals surface area (Å²) < 4.78 is 5.36. The second-order valence-electron chi connectivity index (χ2n) is 5.98. The van der Waals surface area contributed by atoms with Crippen LogP contribution < -0.4 is 5.32 Å². The topological polar surface area (TPSA) is 42.2 Å². The van der Waals surface area contributed by atoms with Crippen LogP contribution in [0.5, 0.6) is 0 Å². The van der Waals surface area contributed by atoms with Gasteiger partial charge in [-0.15, -0.1) is 0 Å². The Bertz CT molecular complexity index is 940. The van der Waals surface area contributed by atoms with E-state index in [1.54, 1.807) is 36.2 Å². The van der Waals surface area contributed by atoms with Gasteiger partial charge in [-0.25, -0.2) is 0 Å². The molecule has 6 heteroatoms. The van der Waals surface area contributed by atoms with Crippen LogP contribution in [0.15, 0.2) is 71.3 Å². The summed E-state index contributed by atoms with van der Waals surface area (Å²) in [6.45, 7) is 0.553. The van der Waals surface area contributed by atoms with Crippen molar-refractivity contribution < 1.29 is 9.21 Å². The minimum atomic E-state index is -0.132. The van der Waals surface area contributed by atoms with Crippen LogP contribution in [-0.4, -0.2) is 18.2 Å². The molecule has 3 aromatic rings. The highest BCUT2D eigenvalue weighted by atomic mass is 35.5. The summed E-state index contributed by atoms with van der Waals surface area (Å²) in [7, 11) is 0. The number of benzene rings is 2. The zero-order valence-corrected chi connectivity index (χ0v) is 17.4. The Balaban J connectivity index is 1.55. The van der Waals surface area contributed by atoms with Crippen molar-refractivity contribution in [3.05, 3.63) is 93.9 Å². The maximum Gasteiger partial charge on any atom is 0.252 e. The quantitative estimate of drug-likeness (QED) is 0.342.